The Morgan fingerprint density at radius 2 is 2.00 bits per heavy atom. The van der Waals surface area contributed by atoms with Crippen molar-refractivity contribution < 1.29 is 14.3 Å². The van der Waals surface area contributed by atoms with Crippen LogP contribution in [0.25, 0.3) is 0 Å². The number of hydrogen-bond donors (Lipinski definition) is 1. The molecule has 2 aromatic rings. The Morgan fingerprint density at radius 3 is 2.62 bits per heavy atom. The van der Waals surface area contributed by atoms with E-state index < -0.39 is 0 Å². The van der Waals surface area contributed by atoms with Crippen molar-refractivity contribution >= 4 is 17.5 Å². The Morgan fingerprint density at radius 1 is 1.21 bits per heavy atom. The number of carbonyl (C=O) groups is 1. The van der Waals surface area contributed by atoms with Crippen LogP contribution in [0.1, 0.15) is 23.6 Å². The number of halogens is 1. The molecule has 0 fully saturated rings. The Labute approximate surface area is 147 Å². The maximum atomic E-state index is 11.7. The Kier molecular flexibility index (Phi) is 6.50. The number of methoxy groups -OCH3 is 1. The molecular weight excluding hydrogens is 326 g/mol. The van der Waals surface area contributed by atoms with Crippen molar-refractivity contribution in [3.05, 3.63) is 58.1 Å². The van der Waals surface area contributed by atoms with Gasteiger partial charge in [-0.05, 0) is 35.7 Å². The molecule has 0 aromatic heterocycles. The number of carbonyl (C=O) groups excluding carboxylic acids is 1. The summed E-state index contributed by atoms with van der Waals surface area (Å²) < 4.78 is 11.3. The summed E-state index contributed by atoms with van der Waals surface area (Å²) in [6.45, 7) is 2.35. The maximum Gasteiger partial charge on any atom is 0.224 e. The highest BCUT2D eigenvalue weighted by molar-refractivity contribution is 6.32. The third-order valence-corrected chi connectivity index (χ3v) is 4.15. The van der Waals surface area contributed by atoms with Crippen LogP contribution in [-0.2, 0) is 24.2 Å². The molecule has 4 nitrogen and oxygen atoms in total. The van der Waals surface area contributed by atoms with Gasteiger partial charge in [-0.2, -0.15) is 0 Å². The minimum absolute atomic E-state index is 0.0603. The van der Waals surface area contributed by atoms with Gasteiger partial charge >= 0.3 is 0 Å². The molecule has 2 rings (SSSR count). The molecule has 0 bridgehead atoms. The van der Waals surface area contributed by atoms with Crippen molar-refractivity contribution in [2.45, 2.75) is 26.4 Å². The van der Waals surface area contributed by atoms with Crippen LogP contribution < -0.4 is 14.8 Å². The van der Waals surface area contributed by atoms with E-state index in [0.717, 1.165) is 23.1 Å². The summed E-state index contributed by atoms with van der Waals surface area (Å²) in [6, 6.07) is 11.4. The molecule has 1 amide bonds. The Bertz CT molecular complexity index is 716. The topological polar surface area (TPSA) is 47.6 Å². The molecule has 0 atom stereocenters. The second-order valence-electron chi connectivity index (χ2n) is 5.35. The van der Waals surface area contributed by atoms with E-state index in [1.54, 1.807) is 14.2 Å². The lowest BCUT2D eigenvalue weighted by Crippen LogP contribution is -2.21. The third kappa shape index (κ3) is 4.42. The first-order valence-corrected chi connectivity index (χ1v) is 8.23. The lowest BCUT2D eigenvalue weighted by molar-refractivity contribution is -0.119. The highest BCUT2D eigenvalue weighted by atomic mass is 35.5. The minimum atomic E-state index is -0.0603. The van der Waals surface area contributed by atoms with E-state index in [4.69, 9.17) is 21.1 Å². The van der Waals surface area contributed by atoms with E-state index in [1.807, 2.05) is 36.4 Å². The van der Waals surface area contributed by atoms with Gasteiger partial charge in [0.15, 0.2) is 0 Å². The van der Waals surface area contributed by atoms with Crippen molar-refractivity contribution in [1.82, 2.24) is 5.32 Å². The van der Waals surface area contributed by atoms with Crippen LogP contribution in [0.2, 0.25) is 5.02 Å². The van der Waals surface area contributed by atoms with E-state index in [0.29, 0.717) is 16.5 Å². The standard InChI is InChI=1S/C19H22ClNO3/c1-4-13-8-9-18(16(20)10-13)24-12-15-14(11-19(22)21-2)6-5-7-17(15)23-3/h5-10H,4,11-12H2,1-3H3,(H,21,22). The van der Waals surface area contributed by atoms with Crippen molar-refractivity contribution in [2.24, 2.45) is 0 Å². The highest BCUT2D eigenvalue weighted by Gasteiger charge is 2.13. The molecule has 1 N–H and O–H groups in total. The Balaban J connectivity index is 2.23. The molecule has 0 aliphatic rings. The molecule has 0 aliphatic heterocycles. The summed E-state index contributed by atoms with van der Waals surface area (Å²) in [5.41, 5.74) is 2.87. The molecule has 0 heterocycles. The highest BCUT2D eigenvalue weighted by Crippen LogP contribution is 2.29. The SMILES string of the molecule is CCc1ccc(OCc2c(CC(=O)NC)cccc2OC)c(Cl)c1. The second-order valence-corrected chi connectivity index (χ2v) is 5.76. The number of hydrogen-bond acceptors (Lipinski definition) is 3. The Hall–Kier alpha value is -2.20. The fourth-order valence-corrected chi connectivity index (χ4v) is 2.68. The number of likely N-dealkylation sites (N-methyl/N-ethyl adjacent to an activating group) is 1. The second kappa shape index (κ2) is 8.60. The van der Waals surface area contributed by atoms with Gasteiger partial charge in [-0.3, -0.25) is 4.79 Å². The predicted molar refractivity (Wildman–Crippen MR) is 95.9 cm³/mol. The molecule has 0 unspecified atom stereocenters. The average Bonchev–Trinajstić information content (AvgIpc) is 2.60. The number of ether oxygens (including phenoxy) is 2. The van der Waals surface area contributed by atoms with E-state index in [1.165, 1.54) is 0 Å². The predicted octanol–water partition coefficient (Wildman–Crippen LogP) is 3.78. The van der Waals surface area contributed by atoms with Crippen LogP contribution in [0.15, 0.2) is 36.4 Å². The number of rotatable bonds is 7. The fraction of sp³-hybridized carbons (Fsp3) is 0.316. The summed E-state index contributed by atoms with van der Waals surface area (Å²) in [5, 5.41) is 3.21. The first-order chi connectivity index (χ1) is 11.6. The molecule has 5 heteroatoms. The van der Waals surface area contributed by atoms with Crippen LogP contribution in [0.5, 0.6) is 11.5 Å². The zero-order valence-corrected chi connectivity index (χ0v) is 14.9. The summed E-state index contributed by atoms with van der Waals surface area (Å²) in [6.07, 6.45) is 1.19. The van der Waals surface area contributed by atoms with Gasteiger partial charge in [0, 0.05) is 12.6 Å². The zero-order valence-electron chi connectivity index (χ0n) is 14.2. The fourth-order valence-electron chi connectivity index (χ4n) is 2.42. The van der Waals surface area contributed by atoms with Gasteiger partial charge in [-0.15, -0.1) is 0 Å². The molecule has 128 valence electrons. The molecule has 24 heavy (non-hydrogen) atoms. The normalized spacial score (nSPS) is 10.3. The molecule has 0 saturated heterocycles. The van der Waals surface area contributed by atoms with Crippen molar-refractivity contribution in [1.29, 1.82) is 0 Å². The summed E-state index contributed by atoms with van der Waals surface area (Å²) in [5.74, 6) is 1.25. The van der Waals surface area contributed by atoms with Gasteiger partial charge in [0.25, 0.3) is 0 Å². The van der Waals surface area contributed by atoms with Gasteiger partial charge < -0.3 is 14.8 Å². The number of benzene rings is 2. The van der Waals surface area contributed by atoms with E-state index >= 15 is 0 Å². The van der Waals surface area contributed by atoms with E-state index in [9.17, 15) is 4.79 Å². The van der Waals surface area contributed by atoms with Crippen LogP contribution in [0, 0.1) is 0 Å². The quantitative estimate of drug-likeness (QED) is 0.829. The summed E-state index contributed by atoms with van der Waals surface area (Å²) in [4.78, 5) is 11.7. The summed E-state index contributed by atoms with van der Waals surface area (Å²) in [7, 11) is 3.22. The molecule has 0 aliphatic carbocycles. The van der Waals surface area contributed by atoms with E-state index in [2.05, 4.69) is 12.2 Å². The third-order valence-electron chi connectivity index (χ3n) is 3.86. The van der Waals surface area contributed by atoms with Gasteiger partial charge in [0.05, 0.1) is 18.6 Å². The maximum absolute atomic E-state index is 11.7. The summed E-state index contributed by atoms with van der Waals surface area (Å²) >= 11 is 6.27. The monoisotopic (exact) mass is 347 g/mol. The average molecular weight is 348 g/mol. The lowest BCUT2D eigenvalue weighted by Gasteiger charge is -2.15. The molecular formula is C19H22ClNO3. The molecule has 0 spiro atoms. The zero-order chi connectivity index (χ0) is 17.5. The van der Waals surface area contributed by atoms with Gasteiger partial charge in [-0.1, -0.05) is 36.7 Å². The first kappa shape index (κ1) is 18.1. The molecule has 0 saturated carbocycles. The van der Waals surface area contributed by atoms with Crippen molar-refractivity contribution in [2.75, 3.05) is 14.2 Å². The minimum Gasteiger partial charge on any atom is -0.496 e. The van der Waals surface area contributed by atoms with Gasteiger partial charge in [-0.25, -0.2) is 0 Å². The van der Waals surface area contributed by atoms with Crippen molar-refractivity contribution in [3.63, 3.8) is 0 Å². The van der Waals surface area contributed by atoms with Crippen LogP contribution in [0.4, 0.5) is 0 Å². The first-order valence-electron chi connectivity index (χ1n) is 7.85. The number of nitrogens with one attached hydrogen (secondary N) is 1. The van der Waals surface area contributed by atoms with Gasteiger partial charge in [0.2, 0.25) is 5.91 Å². The molecule has 2 aromatic carbocycles. The van der Waals surface area contributed by atoms with Crippen LogP contribution in [0.3, 0.4) is 0 Å². The lowest BCUT2D eigenvalue weighted by atomic mass is 10.0. The molecule has 0 radical (unpaired) electrons. The number of amides is 1. The smallest absolute Gasteiger partial charge is 0.224 e. The van der Waals surface area contributed by atoms with Crippen LogP contribution >= 0.6 is 11.6 Å². The van der Waals surface area contributed by atoms with E-state index in [-0.39, 0.29) is 18.9 Å². The van der Waals surface area contributed by atoms with Gasteiger partial charge in [0.1, 0.15) is 18.1 Å². The van der Waals surface area contributed by atoms with Crippen LogP contribution in [-0.4, -0.2) is 20.1 Å². The number of aryl methyl sites for hydroxylation is 1. The van der Waals surface area contributed by atoms with Crippen molar-refractivity contribution in [3.8, 4) is 11.5 Å². The largest absolute Gasteiger partial charge is 0.496 e.